The summed E-state index contributed by atoms with van der Waals surface area (Å²) in [4.78, 5) is 12.5. The highest BCUT2D eigenvalue weighted by atomic mass is 35.5. The highest BCUT2D eigenvalue weighted by Gasteiger charge is 2.16. The van der Waals surface area contributed by atoms with Crippen molar-refractivity contribution in [2.45, 2.75) is 13.5 Å². The lowest BCUT2D eigenvalue weighted by Crippen LogP contribution is -2.13. The van der Waals surface area contributed by atoms with Crippen molar-refractivity contribution in [3.63, 3.8) is 0 Å². The molecule has 0 fully saturated rings. The van der Waals surface area contributed by atoms with Crippen molar-refractivity contribution in [1.82, 2.24) is 9.78 Å². The van der Waals surface area contributed by atoms with E-state index in [9.17, 15) is 4.79 Å². The minimum atomic E-state index is -0.238. The average Bonchev–Trinajstić information content (AvgIpc) is 3.22. The third-order valence-electron chi connectivity index (χ3n) is 4.24. The zero-order chi connectivity index (χ0) is 18.1. The van der Waals surface area contributed by atoms with Gasteiger partial charge in [-0.25, -0.2) is 0 Å². The second kappa shape index (κ2) is 6.69. The first-order valence-electron chi connectivity index (χ1n) is 8.17. The second-order valence-electron chi connectivity index (χ2n) is 5.99. The highest BCUT2D eigenvalue weighted by molar-refractivity contribution is 6.30. The van der Waals surface area contributed by atoms with E-state index in [1.54, 1.807) is 13.0 Å². The van der Waals surface area contributed by atoms with Gasteiger partial charge in [0.25, 0.3) is 5.91 Å². The van der Waals surface area contributed by atoms with Gasteiger partial charge in [0.15, 0.2) is 5.82 Å². The number of fused-ring (bicyclic) bond motifs is 1. The lowest BCUT2D eigenvalue weighted by molar-refractivity contribution is 0.102. The van der Waals surface area contributed by atoms with Crippen LogP contribution in [0.15, 0.2) is 65.3 Å². The van der Waals surface area contributed by atoms with E-state index in [2.05, 4.69) is 10.4 Å². The summed E-state index contributed by atoms with van der Waals surface area (Å²) >= 11 is 5.96. The summed E-state index contributed by atoms with van der Waals surface area (Å²) in [6.07, 6.45) is 1.50. The first kappa shape index (κ1) is 16.4. The molecule has 2 heterocycles. The molecule has 0 bridgehead atoms. The van der Waals surface area contributed by atoms with Gasteiger partial charge in [0, 0.05) is 10.4 Å². The first-order chi connectivity index (χ1) is 12.6. The lowest BCUT2D eigenvalue weighted by Gasteiger charge is -2.04. The normalized spacial score (nSPS) is 11.0. The van der Waals surface area contributed by atoms with E-state index in [4.69, 9.17) is 16.0 Å². The van der Waals surface area contributed by atoms with E-state index < -0.39 is 0 Å². The monoisotopic (exact) mass is 365 g/mol. The molecular formula is C20H16ClN3O2. The molecule has 1 N–H and O–H groups in total. The number of benzene rings is 2. The number of para-hydroxylation sites is 1. The molecule has 0 unspecified atom stereocenters. The number of hydrogen-bond donors (Lipinski definition) is 1. The van der Waals surface area contributed by atoms with E-state index in [1.165, 1.54) is 6.26 Å². The van der Waals surface area contributed by atoms with Gasteiger partial charge in [0.1, 0.15) is 5.76 Å². The zero-order valence-corrected chi connectivity index (χ0v) is 14.8. The number of carbonyl (C=O) groups excluding carboxylic acids is 1. The average molecular weight is 366 g/mol. The molecule has 0 aliphatic carbocycles. The van der Waals surface area contributed by atoms with Crippen LogP contribution in [0, 0.1) is 6.92 Å². The summed E-state index contributed by atoms with van der Waals surface area (Å²) < 4.78 is 7.08. The molecule has 0 aliphatic heterocycles. The SMILES string of the molecule is Cc1occc1C(=O)Nc1nn(Cc2ccc(Cl)cc2)c2ccccc12. The van der Waals surface area contributed by atoms with Crippen LogP contribution in [-0.4, -0.2) is 15.7 Å². The molecule has 0 saturated carbocycles. The molecule has 0 atom stereocenters. The van der Waals surface area contributed by atoms with Crippen LogP contribution in [0.25, 0.3) is 10.9 Å². The van der Waals surface area contributed by atoms with Gasteiger partial charge in [0.2, 0.25) is 0 Å². The number of rotatable bonds is 4. The van der Waals surface area contributed by atoms with Crippen molar-refractivity contribution in [1.29, 1.82) is 0 Å². The van der Waals surface area contributed by atoms with E-state index in [0.717, 1.165) is 16.5 Å². The molecule has 0 radical (unpaired) electrons. The molecule has 2 aromatic carbocycles. The number of carbonyl (C=O) groups is 1. The third kappa shape index (κ3) is 3.09. The van der Waals surface area contributed by atoms with Crippen molar-refractivity contribution in [3.05, 3.63) is 82.8 Å². The standard InChI is InChI=1S/C20H16ClN3O2/c1-13-16(10-11-26-13)20(25)22-19-17-4-2-3-5-18(17)24(23-19)12-14-6-8-15(21)9-7-14/h2-11H,12H2,1H3,(H,22,23,25). The fourth-order valence-electron chi connectivity index (χ4n) is 2.90. The van der Waals surface area contributed by atoms with Gasteiger partial charge in [-0.3, -0.25) is 9.48 Å². The number of nitrogens with zero attached hydrogens (tertiary/aromatic N) is 2. The number of anilines is 1. The van der Waals surface area contributed by atoms with Gasteiger partial charge in [-0.15, -0.1) is 0 Å². The molecule has 4 rings (SSSR count). The summed E-state index contributed by atoms with van der Waals surface area (Å²) in [6, 6.07) is 17.1. The molecule has 5 nitrogen and oxygen atoms in total. The molecule has 26 heavy (non-hydrogen) atoms. The van der Waals surface area contributed by atoms with Crippen molar-refractivity contribution in [3.8, 4) is 0 Å². The Balaban J connectivity index is 1.68. The Labute approximate surface area is 155 Å². The molecular weight excluding hydrogens is 350 g/mol. The van der Waals surface area contributed by atoms with Gasteiger partial charge in [-0.1, -0.05) is 35.9 Å². The van der Waals surface area contributed by atoms with Gasteiger partial charge in [-0.05, 0) is 42.8 Å². The number of aromatic nitrogens is 2. The Hall–Kier alpha value is -3.05. The maximum Gasteiger partial charge on any atom is 0.260 e. The van der Waals surface area contributed by atoms with Crippen LogP contribution in [0.1, 0.15) is 21.7 Å². The fourth-order valence-corrected chi connectivity index (χ4v) is 3.02. The molecule has 0 saturated heterocycles. The summed E-state index contributed by atoms with van der Waals surface area (Å²) in [6.45, 7) is 2.34. The van der Waals surface area contributed by atoms with Crippen molar-refractivity contribution in [2.24, 2.45) is 0 Å². The van der Waals surface area contributed by atoms with Gasteiger partial charge in [-0.2, -0.15) is 5.10 Å². The summed E-state index contributed by atoms with van der Waals surface area (Å²) in [5, 5.41) is 9.08. The minimum Gasteiger partial charge on any atom is -0.469 e. The van der Waals surface area contributed by atoms with Gasteiger partial charge >= 0.3 is 0 Å². The van der Waals surface area contributed by atoms with E-state index >= 15 is 0 Å². The fraction of sp³-hybridized carbons (Fsp3) is 0.100. The molecule has 1 amide bonds. The van der Waals surface area contributed by atoms with Crippen LogP contribution in [0.2, 0.25) is 5.02 Å². The van der Waals surface area contributed by atoms with Crippen LogP contribution in [-0.2, 0) is 6.54 Å². The van der Waals surface area contributed by atoms with Crippen molar-refractivity contribution < 1.29 is 9.21 Å². The van der Waals surface area contributed by atoms with Crippen LogP contribution >= 0.6 is 11.6 Å². The minimum absolute atomic E-state index is 0.238. The number of hydrogen-bond acceptors (Lipinski definition) is 3. The van der Waals surface area contributed by atoms with Gasteiger partial charge < -0.3 is 9.73 Å². The highest BCUT2D eigenvalue weighted by Crippen LogP contribution is 2.25. The molecule has 4 aromatic rings. The zero-order valence-electron chi connectivity index (χ0n) is 14.1. The maximum absolute atomic E-state index is 12.5. The predicted octanol–water partition coefficient (Wildman–Crippen LogP) is 4.89. The Bertz CT molecular complexity index is 1080. The lowest BCUT2D eigenvalue weighted by atomic mass is 10.2. The Morgan fingerprint density at radius 3 is 2.65 bits per heavy atom. The summed E-state index contributed by atoms with van der Waals surface area (Å²) in [5.41, 5.74) is 2.52. The number of furan rings is 1. The van der Waals surface area contributed by atoms with E-state index in [-0.39, 0.29) is 5.91 Å². The molecule has 130 valence electrons. The maximum atomic E-state index is 12.5. The Morgan fingerprint density at radius 1 is 1.15 bits per heavy atom. The second-order valence-corrected chi connectivity index (χ2v) is 6.43. The first-order valence-corrected chi connectivity index (χ1v) is 8.55. The smallest absolute Gasteiger partial charge is 0.260 e. The van der Waals surface area contributed by atoms with E-state index in [1.807, 2.05) is 53.2 Å². The molecule has 2 aromatic heterocycles. The Morgan fingerprint density at radius 2 is 1.92 bits per heavy atom. The molecule has 0 spiro atoms. The molecule has 6 heteroatoms. The van der Waals surface area contributed by atoms with E-state index in [0.29, 0.717) is 28.7 Å². The quantitative estimate of drug-likeness (QED) is 0.560. The van der Waals surface area contributed by atoms with Gasteiger partial charge in [0.05, 0.1) is 23.9 Å². The van der Waals surface area contributed by atoms with Crippen LogP contribution in [0.4, 0.5) is 5.82 Å². The summed E-state index contributed by atoms with van der Waals surface area (Å²) in [7, 11) is 0. The van der Waals surface area contributed by atoms with Crippen LogP contribution in [0.5, 0.6) is 0 Å². The number of nitrogens with one attached hydrogen (secondary N) is 1. The van der Waals surface area contributed by atoms with Crippen molar-refractivity contribution in [2.75, 3.05) is 5.32 Å². The summed E-state index contributed by atoms with van der Waals surface area (Å²) in [5.74, 6) is 0.866. The van der Waals surface area contributed by atoms with Crippen LogP contribution < -0.4 is 5.32 Å². The molecule has 0 aliphatic rings. The topological polar surface area (TPSA) is 60.1 Å². The number of amides is 1. The third-order valence-corrected chi connectivity index (χ3v) is 4.49. The van der Waals surface area contributed by atoms with Crippen LogP contribution in [0.3, 0.4) is 0 Å². The van der Waals surface area contributed by atoms with Crippen molar-refractivity contribution >= 4 is 34.2 Å². The Kier molecular flexibility index (Phi) is 4.22. The number of halogens is 1. The largest absolute Gasteiger partial charge is 0.469 e. The predicted molar refractivity (Wildman–Crippen MR) is 102 cm³/mol. The number of aryl methyl sites for hydroxylation is 1.